The molecule has 0 saturated carbocycles. The molecule has 3 aromatic carbocycles. The second kappa shape index (κ2) is 15.8. The van der Waals surface area contributed by atoms with Gasteiger partial charge in [-0.3, -0.25) is 9.78 Å². The fourth-order valence-corrected chi connectivity index (χ4v) is 3.94. The van der Waals surface area contributed by atoms with Gasteiger partial charge in [-0.25, -0.2) is 8.78 Å². The van der Waals surface area contributed by atoms with E-state index in [0.29, 0.717) is 6.07 Å². The maximum Gasteiger partial charge on any atom is 0.416 e. The fourth-order valence-electron chi connectivity index (χ4n) is 3.94. The minimum Gasteiger partial charge on any atom is -0.400 e. The number of halogens is 8. The zero-order valence-electron chi connectivity index (χ0n) is 22.9. The number of amides is 1. The van der Waals surface area contributed by atoms with Crippen molar-refractivity contribution in [2.24, 2.45) is 0 Å². The van der Waals surface area contributed by atoms with E-state index in [9.17, 15) is 39.9 Å². The van der Waals surface area contributed by atoms with E-state index in [1.807, 2.05) is 18.2 Å². The van der Waals surface area contributed by atoms with Gasteiger partial charge in [0.15, 0.2) is 5.92 Å². The van der Waals surface area contributed by atoms with Gasteiger partial charge in [0.1, 0.15) is 11.6 Å². The second-order valence-electron chi connectivity index (χ2n) is 9.01. The summed E-state index contributed by atoms with van der Waals surface area (Å²) < 4.78 is 108. The van der Waals surface area contributed by atoms with Gasteiger partial charge >= 0.3 is 12.4 Å². The monoisotopic (exact) mass is 612 g/mol. The van der Waals surface area contributed by atoms with E-state index in [1.54, 1.807) is 0 Å². The maximum absolute atomic E-state index is 14.0. The zero-order chi connectivity index (χ0) is 32.2. The Kier molecular flexibility index (Phi) is 12.8. The van der Waals surface area contributed by atoms with Crippen molar-refractivity contribution in [2.75, 3.05) is 13.7 Å². The summed E-state index contributed by atoms with van der Waals surface area (Å²) in [7, 11) is 1.00. The molecular formula is C31H28F8N2O2. The summed E-state index contributed by atoms with van der Waals surface area (Å²) in [5, 5.41) is 9.08. The lowest BCUT2D eigenvalue weighted by molar-refractivity contribution is -0.165. The molecule has 0 saturated heterocycles. The number of hydrogen-bond acceptors (Lipinski definition) is 3. The Morgan fingerprint density at radius 1 is 0.791 bits per heavy atom. The molecule has 43 heavy (non-hydrogen) atoms. The third kappa shape index (κ3) is 10.8. The quantitative estimate of drug-likeness (QED) is 0.221. The van der Waals surface area contributed by atoms with Gasteiger partial charge in [-0.1, -0.05) is 66.2 Å². The zero-order valence-corrected chi connectivity index (χ0v) is 22.9. The van der Waals surface area contributed by atoms with Crippen molar-refractivity contribution in [3.05, 3.63) is 137 Å². The number of benzene rings is 3. The van der Waals surface area contributed by atoms with Crippen LogP contribution < -0.4 is 5.32 Å². The first-order valence-corrected chi connectivity index (χ1v) is 12.6. The van der Waals surface area contributed by atoms with Crippen molar-refractivity contribution >= 4 is 5.91 Å². The summed E-state index contributed by atoms with van der Waals surface area (Å²) in [6, 6.07) is 20.2. The Bertz CT molecular complexity index is 1410. The molecule has 4 aromatic rings. The lowest BCUT2D eigenvalue weighted by atomic mass is 9.92. The van der Waals surface area contributed by atoms with Crippen LogP contribution in [0.5, 0.6) is 0 Å². The number of carbonyl (C=O) groups is 1. The molecular weight excluding hydrogens is 584 g/mol. The highest BCUT2D eigenvalue weighted by atomic mass is 19.4. The van der Waals surface area contributed by atoms with Crippen LogP contribution in [-0.2, 0) is 11.0 Å². The highest BCUT2D eigenvalue weighted by Gasteiger charge is 2.46. The number of aliphatic hydroxyl groups excluding tert-OH is 1. The maximum atomic E-state index is 14.0. The summed E-state index contributed by atoms with van der Waals surface area (Å²) in [6.07, 6.45) is -9.12. The van der Waals surface area contributed by atoms with Crippen LogP contribution in [0.25, 0.3) is 0 Å². The van der Waals surface area contributed by atoms with Gasteiger partial charge in [0, 0.05) is 25.3 Å². The van der Waals surface area contributed by atoms with Gasteiger partial charge in [-0.2, -0.15) is 26.3 Å². The number of nitrogens with one attached hydrogen (secondary N) is 1. The number of aryl methyl sites for hydroxylation is 1. The average Bonchev–Trinajstić information content (AvgIpc) is 2.95. The van der Waals surface area contributed by atoms with Crippen LogP contribution in [0.1, 0.15) is 39.8 Å². The van der Waals surface area contributed by atoms with E-state index in [2.05, 4.69) is 29.4 Å². The molecule has 2 N–H and O–H groups in total. The normalized spacial score (nSPS) is 12.5. The van der Waals surface area contributed by atoms with Gasteiger partial charge in [0.05, 0.1) is 11.8 Å². The highest BCUT2D eigenvalue weighted by Crippen LogP contribution is 2.36. The number of aliphatic hydroxyl groups is 1. The van der Waals surface area contributed by atoms with Crippen molar-refractivity contribution < 1.29 is 45.0 Å². The molecule has 0 fully saturated rings. The smallest absolute Gasteiger partial charge is 0.400 e. The molecule has 0 radical (unpaired) electrons. The van der Waals surface area contributed by atoms with Crippen molar-refractivity contribution in [1.82, 2.24) is 10.3 Å². The SMILES string of the molecule is CO.Cc1ccccc1.O=C(NC[C@@H](c1cc(F)cc(C(F)(F)F)c1)c1ccc(F)cn1)[C@@H](c1ccccc1)C(F)(F)F. The van der Waals surface area contributed by atoms with Crippen molar-refractivity contribution in [1.29, 1.82) is 0 Å². The van der Waals surface area contributed by atoms with E-state index >= 15 is 0 Å². The lowest BCUT2D eigenvalue weighted by Gasteiger charge is -2.23. The fraction of sp³-hybridized carbons (Fsp3) is 0.226. The third-order valence-corrected chi connectivity index (χ3v) is 5.90. The van der Waals surface area contributed by atoms with Crippen LogP contribution in [-0.4, -0.2) is 35.8 Å². The van der Waals surface area contributed by atoms with E-state index in [0.717, 1.165) is 43.6 Å². The lowest BCUT2D eigenvalue weighted by Crippen LogP contribution is -2.39. The molecule has 230 valence electrons. The molecule has 1 aromatic heterocycles. The number of rotatable bonds is 6. The number of nitrogens with zero attached hydrogens (tertiary/aromatic N) is 1. The average molecular weight is 613 g/mol. The molecule has 0 unspecified atom stereocenters. The Hall–Kier alpha value is -4.32. The van der Waals surface area contributed by atoms with Crippen LogP contribution in [0.4, 0.5) is 35.1 Å². The first kappa shape index (κ1) is 34.9. The molecule has 12 heteroatoms. The largest absolute Gasteiger partial charge is 0.416 e. The van der Waals surface area contributed by atoms with Crippen molar-refractivity contribution in [2.45, 2.75) is 31.1 Å². The van der Waals surface area contributed by atoms with Crippen molar-refractivity contribution in [3.63, 3.8) is 0 Å². The van der Waals surface area contributed by atoms with E-state index in [-0.39, 0.29) is 22.9 Å². The number of pyridine rings is 1. The molecule has 0 aliphatic carbocycles. The number of carbonyl (C=O) groups excluding carboxylic acids is 1. The first-order chi connectivity index (χ1) is 20.3. The van der Waals surface area contributed by atoms with Gasteiger partial charge in [0.2, 0.25) is 5.91 Å². The van der Waals surface area contributed by atoms with Gasteiger partial charge in [-0.15, -0.1) is 0 Å². The van der Waals surface area contributed by atoms with Gasteiger partial charge < -0.3 is 10.4 Å². The first-order valence-electron chi connectivity index (χ1n) is 12.6. The summed E-state index contributed by atoms with van der Waals surface area (Å²) in [4.78, 5) is 16.3. The predicted octanol–water partition coefficient (Wildman–Crippen LogP) is 7.58. The molecule has 0 bridgehead atoms. The predicted molar refractivity (Wildman–Crippen MR) is 145 cm³/mol. The molecule has 4 nitrogen and oxygen atoms in total. The van der Waals surface area contributed by atoms with Crippen LogP contribution in [0, 0.1) is 18.6 Å². The van der Waals surface area contributed by atoms with Crippen molar-refractivity contribution in [3.8, 4) is 0 Å². The van der Waals surface area contributed by atoms with E-state index in [4.69, 9.17) is 5.11 Å². The Labute approximate surface area is 243 Å². The number of aromatic nitrogens is 1. The van der Waals surface area contributed by atoms with Crippen LogP contribution in [0.15, 0.2) is 97.2 Å². The van der Waals surface area contributed by atoms with Crippen LogP contribution in [0.2, 0.25) is 0 Å². The molecule has 4 rings (SSSR count). The molecule has 0 aliphatic heterocycles. The van der Waals surface area contributed by atoms with E-state index < -0.39 is 53.8 Å². The third-order valence-electron chi connectivity index (χ3n) is 5.90. The molecule has 1 heterocycles. The Morgan fingerprint density at radius 3 is 1.84 bits per heavy atom. The van der Waals surface area contributed by atoms with Gasteiger partial charge in [-0.05, 0) is 48.4 Å². The molecule has 1 amide bonds. The summed E-state index contributed by atoms with van der Waals surface area (Å²) in [5.41, 5.74) is -0.742. The topological polar surface area (TPSA) is 62.2 Å². The standard InChI is InChI=1S/C23H16F8N2O.C7H8.CH4O/c24-16-6-7-19(32-11-16)18(14-8-15(22(26,27)28)10-17(25)9-14)12-33-21(34)20(23(29,30)31)13-4-2-1-3-5-13;1-7-5-3-2-4-6-7;1-2/h1-11,18,20H,12H2,(H,33,34);2-6H,1H3;2H,1H3/t18-,20+;;/m0../s1. The minimum atomic E-state index is -4.96. The Morgan fingerprint density at radius 2 is 1.37 bits per heavy atom. The van der Waals surface area contributed by atoms with E-state index in [1.165, 1.54) is 23.8 Å². The van der Waals surface area contributed by atoms with Gasteiger partial charge in [0.25, 0.3) is 0 Å². The summed E-state index contributed by atoms with van der Waals surface area (Å²) in [5.74, 6) is -7.33. The van der Waals surface area contributed by atoms with Crippen LogP contribution in [0.3, 0.4) is 0 Å². The minimum absolute atomic E-state index is 0.0799. The number of hydrogen-bond donors (Lipinski definition) is 2. The summed E-state index contributed by atoms with van der Waals surface area (Å²) >= 11 is 0. The highest BCUT2D eigenvalue weighted by molar-refractivity contribution is 5.84. The summed E-state index contributed by atoms with van der Waals surface area (Å²) in [6.45, 7) is 1.43. The molecule has 0 aliphatic rings. The Balaban J connectivity index is 0.000000619. The second-order valence-corrected chi connectivity index (χ2v) is 9.01. The molecule has 2 atom stereocenters. The molecule has 0 spiro atoms. The van der Waals surface area contributed by atoms with Crippen LogP contribution >= 0.6 is 0 Å². The number of alkyl halides is 6.